The third-order valence-corrected chi connectivity index (χ3v) is 1.91. The van der Waals surface area contributed by atoms with Crippen LogP contribution in [0.2, 0.25) is 0 Å². The summed E-state index contributed by atoms with van der Waals surface area (Å²) < 4.78 is 0. The zero-order valence-corrected chi connectivity index (χ0v) is 7.52. The van der Waals surface area contributed by atoms with Gasteiger partial charge >= 0.3 is 0 Å². The quantitative estimate of drug-likeness (QED) is 0.609. The second kappa shape index (κ2) is 5.05. The molecule has 0 aliphatic carbocycles. The molecule has 0 aliphatic heterocycles. The van der Waals surface area contributed by atoms with Crippen LogP contribution in [0.15, 0.2) is 0 Å². The Bertz CT molecular complexity index is 150. The maximum Gasteiger partial charge on any atom is 0.132 e. The lowest BCUT2D eigenvalue weighted by Crippen LogP contribution is -2.10. The van der Waals surface area contributed by atoms with Gasteiger partial charge in [-0.15, -0.1) is 0 Å². The van der Waals surface area contributed by atoms with E-state index in [1.165, 1.54) is 0 Å². The average Bonchev–Trinajstić information content (AvgIpc) is 1.87. The van der Waals surface area contributed by atoms with Gasteiger partial charge in [0.1, 0.15) is 11.6 Å². The van der Waals surface area contributed by atoms with E-state index in [0.29, 0.717) is 6.42 Å². The number of hydrogen-bond acceptors (Lipinski definition) is 2. The second-order valence-corrected chi connectivity index (χ2v) is 2.96. The first kappa shape index (κ1) is 10.3. The number of carbonyl (C=O) groups is 2. The van der Waals surface area contributed by atoms with Gasteiger partial charge in [0, 0.05) is 12.3 Å². The molecule has 64 valence electrons. The molecule has 0 amide bonds. The van der Waals surface area contributed by atoms with Crippen LogP contribution in [0.25, 0.3) is 0 Å². The predicted molar refractivity (Wildman–Crippen MR) is 44.4 cm³/mol. The van der Waals surface area contributed by atoms with E-state index in [1.54, 1.807) is 13.8 Å². The van der Waals surface area contributed by atoms with E-state index in [1.807, 2.05) is 6.92 Å². The Balaban J connectivity index is 3.70. The minimum Gasteiger partial charge on any atom is -0.300 e. The van der Waals surface area contributed by atoms with Crippen molar-refractivity contribution in [3.8, 4) is 0 Å². The van der Waals surface area contributed by atoms with E-state index in [9.17, 15) is 9.59 Å². The first-order valence-corrected chi connectivity index (χ1v) is 4.07. The van der Waals surface area contributed by atoms with Gasteiger partial charge in [-0.1, -0.05) is 6.92 Å². The standard InChI is InChI=1S/C9H16O2/c1-4-9(8(3)11)6-5-7(2)10/h9H,4-6H2,1-3H3. The lowest BCUT2D eigenvalue weighted by Gasteiger charge is -2.08. The van der Waals surface area contributed by atoms with Crippen LogP contribution in [0.5, 0.6) is 0 Å². The molecule has 0 saturated carbocycles. The molecule has 2 nitrogen and oxygen atoms in total. The molecule has 0 aromatic heterocycles. The van der Waals surface area contributed by atoms with E-state index in [-0.39, 0.29) is 17.5 Å². The van der Waals surface area contributed by atoms with E-state index in [0.717, 1.165) is 12.8 Å². The van der Waals surface area contributed by atoms with Crippen LogP contribution in [0.1, 0.15) is 40.0 Å². The molecule has 0 aromatic rings. The zero-order chi connectivity index (χ0) is 8.85. The molecule has 1 atom stereocenters. The van der Waals surface area contributed by atoms with Crippen molar-refractivity contribution in [2.75, 3.05) is 0 Å². The largest absolute Gasteiger partial charge is 0.300 e. The molecule has 0 fully saturated rings. The fourth-order valence-corrected chi connectivity index (χ4v) is 1.07. The van der Waals surface area contributed by atoms with Gasteiger partial charge in [0.15, 0.2) is 0 Å². The van der Waals surface area contributed by atoms with Gasteiger partial charge in [0.25, 0.3) is 0 Å². The summed E-state index contributed by atoms with van der Waals surface area (Å²) in [5.41, 5.74) is 0. The Morgan fingerprint density at radius 3 is 2.09 bits per heavy atom. The smallest absolute Gasteiger partial charge is 0.132 e. The number of Topliss-reactive ketones (excluding diaryl/α,β-unsaturated/α-hetero) is 2. The molecule has 0 rings (SSSR count). The van der Waals surface area contributed by atoms with Crippen molar-refractivity contribution in [1.29, 1.82) is 0 Å². The molecular weight excluding hydrogens is 140 g/mol. The summed E-state index contributed by atoms with van der Waals surface area (Å²) in [6.45, 7) is 5.13. The van der Waals surface area contributed by atoms with Gasteiger partial charge in [-0.05, 0) is 26.7 Å². The third-order valence-electron chi connectivity index (χ3n) is 1.91. The van der Waals surface area contributed by atoms with Crippen molar-refractivity contribution in [3.63, 3.8) is 0 Å². The molecule has 0 bridgehead atoms. The summed E-state index contributed by atoms with van der Waals surface area (Å²) in [5, 5.41) is 0. The molecule has 0 radical (unpaired) electrons. The van der Waals surface area contributed by atoms with E-state index in [2.05, 4.69) is 0 Å². The monoisotopic (exact) mass is 156 g/mol. The first-order valence-electron chi connectivity index (χ1n) is 4.07. The molecular formula is C9H16O2. The number of carbonyl (C=O) groups excluding carboxylic acids is 2. The van der Waals surface area contributed by atoms with Gasteiger partial charge in [-0.25, -0.2) is 0 Å². The molecule has 2 heteroatoms. The van der Waals surface area contributed by atoms with E-state index in [4.69, 9.17) is 0 Å². The van der Waals surface area contributed by atoms with Crippen molar-refractivity contribution in [2.45, 2.75) is 40.0 Å². The van der Waals surface area contributed by atoms with Crippen LogP contribution in [0.4, 0.5) is 0 Å². The topological polar surface area (TPSA) is 34.1 Å². The molecule has 0 aromatic carbocycles. The van der Waals surface area contributed by atoms with E-state index >= 15 is 0 Å². The Morgan fingerprint density at radius 2 is 1.82 bits per heavy atom. The van der Waals surface area contributed by atoms with Crippen molar-refractivity contribution in [3.05, 3.63) is 0 Å². The first-order chi connectivity index (χ1) is 5.07. The second-order valence-electron chi connectivity index (χ2n) is 2.96. The maximum atomic E-state index is 10.9. The summed E-state index contributed by atoms with van der Waals surface area (Å²) in [6, 6.07) is 0. The Morgan fingerprint density at radius 1 is 1.27 bits per heavy atom. The lowest BCUT2D eigenvalue weighted by molar-refractivity contribution is -0.121. The highest BCUT2D eigenvalue weighted by Gasteiger charge is 2.11. The summed E-state index contributed by atoms with van der Waals surface area (Å²) in [5.74, 6) is 0.470. The molecule has 0 spiro atoms. The van der Waals surface area contributed by atoms with Gasteiger partial charge in [-0.3, -0.25) is 4.79 Å². The minimum atomic E-state index is 0.0962. The highest BCUT2D eigenvalue weighted by Crippen LogP contribution is 2.11. The average molecular weight is 156 g/mol. The predicted octanol–water partition coefficient (Wildman–Crippen LogP) is 1.97. The fourth-order valence-electron chi connectivity index (χ4n) is 1.07. The highest BCUT2D eigenvalue weighted by molar-refractivity contribution is 5.80. The molecule has 1 unspecified atom stereocenters. The third kappa shape index (κ3) is 4.71. The van der Waals surface area contributed by atoms with Crippen LogP contribution in [0, 0.1) is 5.92 Å². The van der Waals surface area contributed by atoms with Crippen LogP contribution >= 0.6 is 0 Å². The fraction of sp³-hybridized carbons (Fsp3) is 0.778. The van der Waals surface area contributed by atoms with Crippen LogP contribution < -0.4 is 0 Å². The Kier molecular flexibility index (Phi) is 4.75. The van der Waals surface area contributed by atoms with Crippen molar-refractivity contribution < 1.29 is 9.59 Å². The zero-order valence-electron chi connectivity index (χ0n) is 7.52. The van der Waals surface area contributed by atoms with Crippen molar-refractivity contribution >= 4 is 11.6 Å². The summed E-state index contributed by atoms with van der Waals surface area (Å²) in [7, 11) is 0. The van der Waals surface area contributed by atoms with Crippen molar-refractivity contribution in [1.82, 2.24) is 0 Å². The van der Waals surface area contributed by atoms with Crippen LogP contribution in [-0.2, 0) is 9.59 Å². The lowest BCUT2D eigenvalue weighted by atomic mass is 9.95. The summed E-state index contributed by atoms with van der Waals surface area (Å²) in [4.78, 5) is 21.5. The molecule has 11 heavy (non-hydrogen) atoms. The van der Waals surface area contributed by atoms with Gasteiger partial charge in [-0.2, -0.15) is 0 Å². The SMILES string of the molecule is CCC(CCC(C)=O)C(C)=O. The molecule has 0 saturated heterocycles. The molecule has 0 N–H and O–H groups in total. The van der Waals surface area contributed by atoms with Gasteiger partial charge < -0.3 is 4.79 Å². The van der Waals surface area contributed by atoms with Gasteiger partial charge in [0.05, 0.1) is 0 Å². The van der Waals surface area contributed by atoms with Crippen molar-refractivity contribution in [2.24, 2.45) is 5.92 Å². The van der Waals surface area contributed by atoms with E-state index < -0.39 is 0 Å². The van der Waals surface area contributed by atoms with Gasteiger partial charge in [0.2, 0.25) is 0 Å². The normalized spacial score (nSPS) is 12.6. The highest BCUT2D eigenvalue weighted by atomic mass is 16.1. The molecule has 0 aliphatic rings. The minimum absolute atomic E-state index is 0.0962. The summed E-state index contributed by atoms with van der Waals surface area (Å²) >= 11 is 0. The Hall–Kier alpha value is -0.660. The number of ketones is 2. The number of hydrogen-bond donors (Lipinski definition) is 0. The summed E-state index contributed by atoms with van der Waals surface area (Å²) in [6.07, 6.45) is 2.11. The maximum absolute atomic E-state index is 10.9. The Labute approximate surface area is 68.0 Å². The molecule has 0 heterocycles. The van der Waals surface area contributed by atoms with Crippen LogP contribution in [-0.4, -0.2) is 11.6 Å². The van der Waals surface area contributed by atoms with Crippen LogP contribution in [0.3, 0.4) is 0 Å². The number of rotatable bonds is 5.